The van der Waals surface area contributed by atoms with Crippen molar-refractivity contribution >= 4 is 0 Å². The van der Waals surface area contributed by atoms with Crippen LogP contribution in [0.5, 0.6) is 0 Å². The van der Waals surface area contributed by atoms with Crippen molar-refractivity contribution in [2.45, 2.75) is 206 Å². The minimum Gasteiger partial charge on any atom is -0.0885 e. The molecule has 0 unspecified atom stereocenters. The summed E-state index contributed by atoms with van der Waals surface area (Å²) in [5.74, 6) is 0. The maximum absolute atomic E-state index is 2.46. The molecular weight excluding hydrogens is 432 g/mol. The van der Waals surface area contributed by atoms with Crippen LogP contribution >= 0.6 is 0 Å². The van der Waals surface area contributed by atoms with E-state index in [1.54, 1.807) is 0 Å². The minimum atomic E-state index is 1.30. The molecule has 0 atom stereocenters. The molecular formula is C36H70. The summed E-state index contributed by atoms with van der Waals surface area (Å²) in [5.41, 5.74) is 0. The average molecular weight is 503 g/mol. The molecule has 0 N–H and O–H groups in total. The van der Waals surface area contributed by atoms with Crippen molar-refractivity contribution in [3.63, 3.8) is 0 Å². The Morgan fingerprint density at radius 1 is 0.222 bits per heavy atom. The first-order chi connectivity index (χ1) is 17.9. The molecule has 36 heavy (non-hydrogen) atoms. The Morgan fingerprint density at radius 2 is 0.389 bits per heavy atom. The molecule has 0 fully saturated rings. The normalized spacial score (nSPS) is 11.9. The number of allylic oxidation sites excluding steroid dienone is 4. The molecule has 0 aliphatic carbocycles. The molecule has 0 radical (unpaired) electrons. The summed E-state index contributed by atoms with van der Waals surface area (Å²) in [6, 6.07) is 0. The molecule has 0 saturated heterocycles. The molecule has 214 valence electrons. The fraction of sp³-hybridized carbons (Fsp3) is 0.889. The van der Waals surface area contributed by atoms with Gasteiger partial charge in [0.15, 0.2) is 0 Å². The Hall–Kier alpha value is -0.520. The van der Waals surface area contributed by atoms with Crippen molar-refractivity contribution < 1.29 is 0 Å². The van der Waals surface area contributed by atoms with Crippen molar-refractivity contribution in [1.29, 1.82) is 0 Å². The molecule has 0 aromatic heterocycles. The minimum absolute atomic E-state index is 1.30. The Kier molecular flexibility index (Phi) is 34.0. The Bertz CT molecular complexity index is 418. The first-order valence-electron chi connectivity index (χ1n) is 17.2. The van der Waals surface area contributed by atoms with Gasteiger partial charge in [-0.2, -0.15) is 0 Å². The van der Waals surface area contributed by atoms with Gasteiger partial charge >= 0.3 is 0 Å². The lowest BCUT2D eigenvalue weighted by Crippen LogP contribution is -1.83. The van der Waals surface area contributed by atoms with Gasteiger partial charge in [-0.05, 0) is 51.4 Å². The van der Waals surface area contributed by atoms with Gasteiger partial charge < -0.3 is 0 Å². The van der Waals surface area contributed by atoms with E-state index in [-0.39, 0.29) is 0 Å². The number of hydrogen-bond acceptors (Lipinski definition) is 0. The van der Waals surface area contributed by atoms with E-state index in [2.05, 4.69) is 38.2 Å². The molecule has 0 rings (SSSR count). The van der Waals surface area contributed by atoms with Crippen molar-refractivity contribution in [1.82, 2.24) is 0 Å². The predicted molar refractivity (Wildman–Crippen MR) is 168 cm³/mol. The van der Waals surface area contributed by atoms with Crippen LogP contribution in [0, 0.1) is 0 Å². The highest BCUT2D eigenvalue weighted by molar-refractivity contribution is 4.82. The molecule has 0 heteroatoms. The van der Waals surface area contributed by atoms with E-state index >= 15 is 0 Å². The summed E-state index contributed by atoms with van der Waals surface area (Å²) in [5, 5.41) is 0. The van der Waals surface area contributed by atoms with Gasteiger partial charge in [0.25, 0.3) is 0 Å². The molecule has 0 bridgehead atoms. The second-order valence-corrected chi connectivity index (χ2v) is 11.6. The van der Waals surface area contributed by atoms with E-state index in [4.69, 9.17) is 0 Å². The summed E-state index contributed by atoms with van der Waals surface area (Å²) in [4.78, 5) is 0. The maximum Gasteiger partial charge on any atom is -0.0351 e. The number of unbranched alkanes of at least 4 members (excludes halogenated alkanes) is 27. The van der Waals surface area contributed by atoms with Crippen molar-refractivity contribution in [2.24, 2.45) is 0 Å². The largest absolute Gasteiger partial charge is 0.0885 e. The highest BCUT2D eigenvalue weighted by Gasteiger charge is 1.94. The predicted octanol–water partition coefficient (Wildman–Crippen LogP) is 13.8. The van der Waals surface area contributed by atoms with E-state index in [1.165, 1.54) is 193 Å². The standard InChI is InChI=1S/C36H70/c1-3-5-7-9-11-13-15-17-19-21-23-25-27-29-31-33-35-36-34-32-30-28-26-24-22-20-18-16-14-12-10-8-6-4-2/h17,19,34,36H,3-16,18,20-33,35H2,1-2H3. The van der Waals surface area contributed by atoms with Crippen LogP contribution in [0.1, 0.15) is 206 Å². The lowest BCUT2D eigenvalue weighted by Gasteiger charge is -2.03. The summed E-state index contributed by atoms with van der Waals surface area (Å²) < 4.78 is 0. The summed E-state index contributed by atoms with van der Waals surface area (Å²) in [6.07, 6.45) is 52.4. The second-order valence-electron chi connectivity index (χ2n) is 11.6. The molecule has 0 aromatic rings. The van der Waals surface area contributed by atoms with Crippen LogP contribution < -0.4 is 0 Å². The topological polar surface area (TPSA) is 0 Å². The van der Waals surface area contributed by atoms with E-state index in [0.717, 1.165) is 0 Å². The van der Waals surface area contributed by atoms with Gasteiger partial charge in [-0.15, -0.1) is 0 Å². The molecule has 0 aromatic carbocycles. The maximum atomic E-state index is 2.46. The molecule has 0 nitrogen and oxygen atoms in total. The van der Waals surface area contributed by atoms with Crippen LogP contribution in [0.3, 0.4) is 0 Å². The average Bonchev–Trinajstić information content (AvgIpc) is 2.89. The SMILES string of the molecule is CCCCCCCCC=CCCCCCCCCC=CCCCCCCCCCCCCCCCC. The van der Waals surface area contributed by atoms with Gasteiger partial charge in [0.2, 0.25) is 0 Å². The molecule has 0 aliphatic rings. The Labute approximate surface area is 230 Å². The van der Waals surface area contributed by atoms with E-state index < -0.39 is 0 Å². The van der Waals surface area contributed by atoms with E-state index in [1.807, 2.05) is 0 Å². The Morgan fingerprint density at radius 3 is 0.583 bits per heavy atom. The first kappa shape index (κ1) is 35.5. The first-order valence-corrected chi connectivity index (χ1v) is 17.2. The smallest absolute Gasteiger partial charge is 0.0351 e. The van der Waals surface area contributed by atoms with Crippen molar-refractivity contribution in [3.8, 4) is 0 Å². The van der Waals surface area contributed by atoms with Gasteiger partial charge in [0, 0.05) is 0 Å². The van der Waals surface area contributed by atoms with Crippen molar-refractivity contribution in [2.75, 3.05) is 0 Å². The van der Waals surface area contributed by atoms with Gasteiger partial charge in [0.05, 0.1) is 0 Å². The van der Waals surface area contributed by atoms with Crippen LogP contribution in [0.15, 0.2) is 24.3 Å². The van der Waals surface area contributed by atoms with Crippen molar-refractivity contribution in [3.05, 3.63) is 24.3 Å². The zero-order valence-corrected chi connectivity index (χ0v) is 25.5. The molecule has 0 saturated carbocycles. The third-order valence-corrected chi connectivity index (χ3v) is 7.77. The Balaban J connectivity index is 3.12. The lowest BCUT2D eigenvalue weighted by molar-refractivity contribution is 0.536. The third-order valence-electron chi connectivity index (χ3n) is 7.77. The van der Waals surface area contributed by atoms with Crippen LogP contribution in [0.2, 0.25) is 0 Å². The van der Waals surface area contributed by atoms with Gasteiger partial charge in [-0.25, -0.2) is 0 Å². The number of rotatable bonds is 31. The van der Waals surface area contributed by atoms with Crippen LogP contribution in [0.4, 0.5) is 0 Å². The number of hydrogen-bond donors (Lipinski definition) is 0. The zero-order valence-electron chi connectivity index (χ0n) is 25.5. The second kappa shape index (κ2) is 34.5. The van der Waals surface area contributed by atoms with Gasteiger partial charge in [0.1, 0.15) is 0 Å². The van der Waals surface area contributed by atoms with E-state index in [9.17, 15) is 0 Å². The molecule has 0 heterocycles. The summed E-state index contributed by atoms with van der Waals surface area (Å²) >= 11 is 0. The van der Waals surface area contributed by atoms with Crippen LogP contribution in [-0.2, 0) is 0 Å². The fourth-order valence-corrected chi connectivity index (χ4v) is 5.20. The zero-order chi connectivity index (χ0) is 26.0. The highest BCUT2D eigenvalue weighted by Crippen LogP contribution is 2.14. The third kappa shape index (κ3) is 33.5. The monoisotopic (exact) mass is 503 g/mol. The highest BCUT2D eigenvalue weighted by atomic mass is 14.0. The fourth-order valence-electron chi connectivity index (χ4n) is 5.20. The van der Waals surface area contributed by atoms with E-state index in [0.29, 0.717) is 0 Å². The molecule has 0 amide bonds. The quantitative estimate of drug-likeness (QED) is 0.0653. The van der Waals surface area contributed by atoms with Gasteiger partial charge in [-0.3, -0.25) is 0 Å². The summed E-state index contributed by atoms with van der Waals surface area (Å²) in [7, 11) is 0. The van der Waals surface area contributed by atoms with Gasteiger partial charge in [-0.1, -0.05) is 179 Å². The summed E-state index contributed by atoms with van der Waals surface area (Å²) in [6.45, 7) is 4.60. The lowest BCUT2D eigenvalue weighted by atomic mass is 10.0. The molecule has 0 spiro atoms. The molecule has 0 aliphatic heterocycles. The van der Waals surface area contributed by atoms with Crippen LogP contribution in [0.25, 0.3) is 0 Å². The van der Waals surface area contributed by atoms with Crippen LogP contribution in [-0.4, -0.2) is 0 Å².